The van der Waals surface area contributed by atoms with Gasteiger partial charge < -0.3 is 20.3 Å². The highest BCUT2D eigenvalue weighted by Gasteiger charge is 1.84. The van der Waals surface area contributed by atoms with Crippen molar-refractivity contribution in [3.63, 3.8) is 0 Å². The number of aliphatic hydroxyl groups is 1. The summed E-state index contributed by atoms with van der Waals surface area (Å²) < 4.78 is 0. The molecule has 4 nitrogen and oxygen atoms in total. The number of carbonyl (C=O) groups excluding carboxylic acids is 1. The van der Waals surface area contributed by atoms with Gasteiger partial charge in [0.25, 0.3) is 0 Å². The van der Waals surface area contributed by atoms with Gasteiger partial charge in [-0.3, -0.25) is 0 Å². The molecule has 54 valence electrons. The Balaban J connectivity index is 2.83. The van der Waals surface area contributed by atoms with Crippen LogP contribution in [0, 0.1) is 0 Å². The summed E-state index contributed by atoms with van der Waals surface area (Å²) in [7, 11) is 0. The highest BCUT2D eigenvalue weighted by atomic mass is 16.4. The molecule has 0 saturated heterocycles. The smallest absolute Gasteiger partial charge is 0.134 e. The molecule has 0 aromatic carbocycles. The van der Waals surface area contributed by atoms with Gasteiger partial charge in [-0.1, -0.05) is 0 Å². The zero-order valence-corrected chi connectivity index (χ0v) is 5.09. The lowest BCUT2D eigenvalue weighted by atomic mass is 10.3. The van der Waals surface area contributed by atoms with E-state index < -0.39 is 6.09 Å². The van der Waals surface area contributed by atoms with E-state index in [9.17, 15) is 9.90 Å². The fraction of sp³-hybridized carbons (Fsp3) is 0.800. The molecule has 0 aliphatic rings. The molecule has 2 N–H and O–H groups in total. The van der Waals surface area contributed by atoms with Crippen molar-refractivity contribution < 1.29 is 15.0 Å². The minimum Gasteiger partial charge on any atom is -0.530 e. The molecule has 0 aromatic rings. The number of carbonyl (C=O) groups is 1. The van der Waals surface area contributed by atoms with E-state index in [1.807, 2.05) is 0 Å². The molecule has 0 unspecified atom stereocenters. The van der Waals surface area contributed by atoms with Gasteiger partial charge in [0, 0.05) is 13.2 Å². The Morgan fingerprint density at radius 2 is 2.22 bits per heavy atom. The molecule has 0 saturated carbocycles. The molecular formula is C5H10NO3-. The van der Waals surface area contributed by atoms with Gasteiger partial charge in [0.05, 0.1) is 0 Å². The average molecular weight is 132 g/mol. The van der Waals surface area contributed by atoms with E-state index in [0.717, 1.165) is 0 Å². The Kier molecular flexibility index (Phi) is 4.91. The zero-order chi connectivity index (χ0) is 7.11. The molecule has 9 heavy (non-hydrogen) atoms. The van der Waals surface area contributed by atoms with Crippen molar-refractivity contribution >= 4 is 6.09 Å². The van der Waals surface area contributed by atoms with Crippen LogP contribution in [0.15, 0.2) is 0 Å². The summed E-state index contributed by atoms with van der Waals surface area (Å²) in [5, 5.41) is 20.0. The van der Waals surface area contributed by atoms with Crippen LogP contribution < -0.4 is 10.4 Å². The second-order valence-corrected chi connectivity index (χ2v) is 1.64. The van der Waals surface area contributed by atoms with E-state index in [0.29, 0.717) is 19.4 Å². The number of hydrogen-bond acceptors (Lipinski definition) is 3. The van der Waals surface area contributed by atoms with Crippen LogP contribution in [0.1, 0.15) is 12.8 Å². The van der Waals surface area contributed by atoms with E-state index in [-0.39, 0.29) is 6.61 Å². The molecule has 0 aliphatic carbocycles. The number of nitrogens with one attached hydrogen (secondary N) is 1. The van der Waals surface area contributed by atoms with Crippen LogP contribution in [-0.2, 0) is 0 Å². The molecular weight excluding hydrogens is 122 g/mol. The van der Waals surface area contributed by atoms with Crippen LogP contribution in [0.2, 0.25) is 0 Å². The molecule has 0 aromatic heterocycles. The molecule has 0 radical (unpaired) electrons. The summed E-state index contributed by atoms with van der Waals surface area (Å²) in [4.78, 5) is 9.68. The van der Waals surface area contributed by atoms with Crippen LogP contribution in [0.4, 0.5) is 4.79 Å². The van der Waals surface area contributed by atoms with Gasteiger partial charge in [0.2, 0.25) is 0 Å². The van der Waals surface area contributed by atoms with Crippen molar-refractivity contribution in [2.24, 2.45) is 0 Å². The summed E-state index contributed by atoms with van der Waals surface area (Å²) in [6.07, 6.45) is 0.0260. The normalized spacial score (nSPS) is 9.00. The second kappa shape index (κ2) is 5.37. The largest absolute Gasteiger partial charge is 0.530 e. The minimum absolute atomic E-state index is 0.106. The van der Waals surface area contributed by atoms with E-state index in [2.05, 4.69) is 5.32 Å². The number of amides is 1. The molecule has 1 amide bonds. The Hall–Kier alpha value is -0.770. The van der Waals surface area contributed by atoms with Gasteiger partial charge in [-0.2, -0.15) is 0 Å². The van der Waals surface area contributed by atoms with Gasteiger partial charge in [-0.15, -0.1) is 0 Å². The summed E-state index contributed by atoms with van der Waals surface area (Å²) in [6, 6.07) is 0. The van der Waals surface area contributed by atoms with Crippen LogP contribution >= 0.6 is 0 Å². The lowest BCUT2D eigenvalue weighted by Crippen LogP contribution is -2.36. The van der Waals surface area contributed by atoms with Gasteiger partial charge in [-0.25, -0.2) is 0 Å². The molecule has 0 fully saturated rings. The summed E-state index contributed by atoms with van der Waals surface area (Å²) in [6.45, 7) is 0.470. The summed E-state index contributed by atoms with van der Waals surface area (Å²) in [5.74, 6) is 0. The zero-order valence-electron chi connectivity index (χ0n) is 5.09. The third kappa shape index (κ3) is 7.23. The van der Waals surface area contributed by atoms with Gasteiger partial charge in [-0.05, 0) is 12.8 Å². The highest BCUT2D eigenvalue weighted by molar-refractivity contribution is 5.61. The Bertz CT molecular complexity index is 84.3. The first-order valence-corrected chi connectivity index (χ1v) is 2.83. The maximum Gasteiger partial charge on any atom is 0.134 e. The van der Waals surface area contributed by atoms with E-state index in [1.54, 1.807) is 0 Å². The first kappa shape index (κ1) is 8.23. The lowest BCUT2D eigenvalue weighted by molar-refractivity contribution is -0.250. The van der Waals surface area contributed by atoms with Crippen molar-refractivity contribution in [3.05, 3.63) is 0 Å². The number of hydrogen-bond donors (Lipinski definition) is 2. The van der Waals surface area contributed by atoms with Gasteiger partial charge in [0.15, 0.2) is 0 Å². The number of rotatable bonds is 4. The van der Waals surface area contributed by atoms with Gasteiger partial charge >= 0.3 is 0 Å². The summed E-state index contributed by atoms with van der Waals surface area (Å²) >= 11 is 0. The van der Waals surface area contributed by atoms with Crippen LogP contribution in [0.25, 0.3) is 0 Å². The first-order valence-electron chi connectivity index (χ1n) is 2.83. The second-order valence-electron chi connectivity index (χ2n) is 1.64. The number of aliphatic hydroxyl groups excluding tert-OH is 1. The molecule has 0 heterocycles. The van der Waals surface area contributed by atoms with Crippen LogP contribution in [0.3, 0.4) is 0 Å². The Morgan fingerprint density at radius 1 is 1.56 bits per heavy atom. The Labute approximate surface area is 53.5 Å². The summed E-state index contributed by atoms with van der Waals surface area (Å²) in [5.41, 5.74) is 0. The molecule has 0 bridgehead atoms. The Morgan fingerprint density at radius 3 is 2.67 bits per heavy atom. The van der Waals surface area contributed by atoms with Crippen molar-refractivity contribution in [1.29, 1.82) is 0 Å². The van der Waals surface area contributed by atoms with Gasteiger partial charge in [0.1, 0.15) is 6.09 Å². The molecule has 0 spiro atoms. The predicted molar refractivity (Wildman–Crippen MR) is 29.7 cm³/mol. The van der Waals surface area contributed by atoms with E-state index in [4.69, 9.17) is 5.11 Å². The van der Waals surface area contributed by atoms with Crippen molar-refractivity contribution in [2.75, 3.05) is 13.2 Å². The fourth-order valence-electron chi connectivity index (χ4n) is 0.427. The lowest BCUT2D eigenvalue weighted by Gasteiger charge is -2.03. The third-order valence-electron chi connectivity index (χ3n) is 0.854. The standard InChI is InChI=1S/C5H11NO3/c7-4-2-1-3-6-5(8)9/h6-7H,1-4H2,(H,8,9)/p-1. The van der Waals surface area contributed by atoms with Crippen molar-refractivity contribution in [2.45, 2.75) is 12.8 Å². The maximum atomic E-state index is 9.68. The van der Waals surface area contributed by atoms with E-state index >= 15 is 0 Å². The molecule has 0 rings (SSSR count). The van der Waals surface area contributed by atoms with Crippen LogP contribution in [-0.4, -0.2) is 24.4 Å². The molecule has 0 aliphatic heterocycles. The van der Waals surface area contributed by atoms with Crippen molar-refractivity contribution in [1.82, 2.24) is 5.32 Å². The molecule has 0 atom stereocenters. The quantitative estimate of drug-likeness (QED) is 0.466. The highest BCUT2D eigenvalue weighted by Crippen LogP contribution is 1.81. The predicted octanol–water partition coefficient (Wildman–Crippen LogP) is -1.31. The average Bonchev–Trinajstić information content (AvgIpc) is 1.80. The number of carboxylic acid groups (broad SMARTS) is 1. The fourth-order valence-corrected chi connectivity index (χ4v) is 0.427. The minimum atomic E-state index is -1.26. The SMILES string of the molecule is O=C([O-])NCCCCO. The van der Waals surface area contributed by atoms with Crippen LogP contribution in [0.5, 0.6) is 0 Å². The third-order valence-corrected chi connectivity index (χ3v) is 0.854. The van der Waals surface area contributed by atoms with Crippen molar-refractivity contribution in [3.8, 4) is 0 Å². The van der Waals surface area contributed by atoms with E-state index in [1.165, 1.54) is 0 Å². The molecule has 4 heteroatoms. The maximum absolute atomic E-state index is 9.68. The monoisotopic (exact) mass is 132 g/mol. The first-order chi connectivity index (χ1) is 4.27. The number of unbranched alkanes of at least 4 members (excludes halogenated alkanes) is 1. The topological polar surface area (TPSA) is 72.4 Å².